The van der Waals surface area contributed by atoms with Crippen LogP contribution in [0.25, 0.3) is 0 Å². The number of rotatable bonds is 6. The maximum Gasteiger partial charge on any atom is 0.229 e. The number of ketones is 1. The third kappa shape index (κ3) is 5.36. The fraction of sp³-hybridized carbons (Fsp3) is 0.133. The fourth-order valence-electron chi connectivity index (χ4n) is 1.97. The highest BCUT2D eigenvalue weighted by Crippen LogP contribution is 2.17. The highest BCUT2D eigenvalue weighted by atomic mass is 32.2. The van der Waals surface area contributed by atoms with E-state index in [0.29, 0.717) is 22.5 Å². The lowest BCUT2D eigenvalue weighted by Crippen LogP contribution is -2.10. The van der Waals surface area contributed by atoms with Crippen LogP contribution in [-0.4, -0.2) is 35.1 Å². The summed E-state index contributed by atoms with van der Waals surface area (Å²) in [7, 11) is -6.75. The van der Waals surface area contributed by atoms with Crippen LogP contribution in [0, 0.1) is 0 Å². The molecule has 0 atom stereocenters. The normalized spacial score (nSPS) is 11.8. The number of nitrogens with one attached hydrogen (secondary N) is 2. The third-order valence-corrected chi connectivity index (χ3v) is 4.11. The predicted octanol–water partition coefficient (Wildman–Crippen LogP) is 1.66. The van der Waals surface area contributed by atoms with Crippen LogP contribution in [0.1, 0.15) is 15.9 Å². The van der Waals surface area contributed by atoms with Gasteiger partial charge in [-0.05, 0) is 48.5 Å². The van der Waals surface area contributed by atoms with Crippen molar-refractivity contribution in [2.24, 2.45) is 0 Å². The summed E-state index contributed by atoms with van der Waals surface area (Å²) in [5.74, 6) is -0.258. The average Bonchev–Trinajstić information content (AvgIpc) is 2.45. The number of carbonyl (C=O) groups is 1. The first-order chi connectivity index (χ1) is 11.0. The lowest BCUT2D eigenvalue weighted by Gasteiger charge is -2.07. The molecule has 24 heavy (non-hydrogen) atoms. The van der Waals surface area contributed by atoms with Crippen molar-refractivity contribution in [2.45, 2.75) is 0 Å². The Kier molecular flexibility index (Phi) is 4.95. The topological polar surface area (TPSA) is 109 Å². The van der Waals surface area contributed by atoms with Gasteiger partial charge < -0.3 is 0 Å². The largest absolute Gasteiger partial charge is 0.289 e. The van der Waals surface area contributed by atoms with E-state index >= 15 is 0 Å². The summed E-state index contributed by atoms with van der Waals surface area (Å²) in [5.41, 5.74) is 1.50. The van der Waals surface area contributed by atoms with Crippen molar-refractivity contribution in [3.63, 3.8) is 0 Å². The Morgan fingerprint density at radius 1 is 0.667 bits per heavy atom. The lowest BCUT2D eigenvalue weighted by molar-refractivity contribution is 0.103. The quantitative estimate of drug-likeness (QED) is 0.754. The van der Waals surface area contributed by atoms with Crippen molar-refractivity contribution in [1.82, 2.24) is 0 Å². The van der Waals surface area contributed by atoms with Crippen LogP contribution < -0.4 is 9.44 Å². The average molecular weight is 368 g/mol. The van der Waals surface area contributed by atoms with Crippen molar-refractivity contribution in [1.29, 1.82) is 0 Å². The van der Waals surface area contributed by atoms with Crippen LogP contribution in [0.5, 0.6) is 0 Å². The Bertz CT molecular complexity index is 868. The molecule has 0 amide bonds. The zero-order chi connectivity index (χ0) is 18.0. The van der Waals surface area contributed by atoms with Gasteiger partial charge in [-0.2, -0.15) is 0 Å². The monoisotopic (exact) mass is 368 g/mol. The molecule has 7 nitrogen and oxygen atoms in total. The Hall–Kier alpha value is -2.39. The van der Waals surface area contributed by atoms with Crippen LogP contribution in [0.4, 0.5) is 11.4 Å². The summed E-state index contributed by atoms with van der Waals surface area (Å²) in [6, 6.07) is 12.0. The second kappa shape index (κ2) is 6.62. The molecule has 2 N–H and O–H groups in total. The van der Waals surface area contributed by atoms with E-state index in [-0.39, 0.29) is 5.78 Å². The summed E-state index contributed by atoms with van der Waals surface area (Å²) in [6.07, 6.45) is 2.08. The lowest BCUT2D eigenvalue weighted by atomic mass is 10.0. The summed E-state index contributed by atoms with van der Waals surface area (Å²) < 4.78 is 49.2. The van der Waals surface area contributed by atoms with Gasteiger partial charge in [0.2, 0.25) is 20.0 Å². The van der Waals surface area contributed by atoms with Gasteiger partial charge in [-0.1, -0.05) is 0 Å². The highest BCUT2D eigenvalue weighted by Gasteiger charge is 2.10. The summed E-state index contributed by atoms with van der Waals surface area (Å²) in [4.78, 5) is 12.4. The van der Waals surface area contributed by atoms with E-state index in [1.807, 2.05) is 0 Å². The first kappa shape index (κ1) is 18.0. The van der Waals surface area contributed by atoms with Crippen molar-refractivity contribution in [3.05, 3.63) is 59.7 Å². The van der Waals surface area contributed by atoms with Crippen molar-refractivity contribution < 1.29 is 21.6 Å². The molecular formula is C15H16N2O5S2. The molecule has 2 rings (SSSR count). The molecule has 0 saturated carbocycles. The Balaban J connectivity index is 2.16. The summed E-state index contributed by atoms with van der Waals surface area (Å²) >= 11 is 0. The van der Waals surface area contributed by atoms with Crippen molar-refractivity contribution in [2.75, 3.05) is 22.0 Å². The second-order valence-corrected chi connectivity index (χ2v) is 8.73. The molecule has 0 heterocycles. The predicted molar refractivity (Wildman–Crippen MR) is 93.2 cm³/mol. The number of anilines is 2. The van der Waals surface area contributed by atoms with Crippen molar-refractivity contribution >= 4 is 37.2 Å². The van der Waals surface area contributed by atoms with Gasteiger partial charge in [0.15, 0.2) is 5.78 Å². The molecule has 0 saturated heterocycles. The zero-order valence-corrected chi connectivity index (χ0v) is 14.6. The number of benzene rings is 2. The molecule has 128 valence electrons. The van der Waals surface area contributed by atoms with E-state index in [9.17, 15) is 21.6 Å². The van der Waals surface area contributed by atoms with Crippen LogP contribution in [0.3, 0.4) is 0 Å². The van der Waals surface area contributed by atoms with Gasteiger partial charge in [0.05, 0.1) is 12.5 Å². The number of carbonyl (C=O) groups excluding carboxylic acids is 1. The fourth-order valence-corrected chi connectivity index (χ4v) is 3.10. The Morgan fingerprint density at radius 2 is 0.958 bits per heavy atom. The minimum Gasteiger partial charge on any atom is -0.289 e. The van der Waals surface area contributed by atoms with Gasteiger partial charge in [-0.3, -0.25) is 14.2 Å². The second-order valence-electron chi connectivity index (χ2n) is 5.23. The molecule has 0 radical (unpaired) electrons. The molecule has 0 unspecified atom stereocenters. The van der Waals surface area contributed by atoms with Gasteiger partial charge in [-0.25, -0.2) is 16.8 Å². The number of hydrogen-bond donors (Lipinski definition) is 2. The van der Waals surface area contributed by atoms with Gasteiger partial charge in [0.1, 0.15) is 0 Å². The smallest absolute Gasteiger partial charge is 0.229 e. The van der Waals surface area contributed by atoms with E-state index in [2.05, 4.69) is 9.44 Å². The molecule has 2 aromatic carbocycles. The van der Waals surface area contributed by atoms with E-state index in [4.69, 9.17) is 0 Å². The summed E-state index contributed by atoms with van der Waals surface area (Å²) in [6.45, 7) is 0. The number of sulfonamides is 2. The molecular weight excluding hydrogens is 352 g/mol. The third-order valence-electron chi connectivity index (χ3n) is 2.90. The van der Waals surface area contributed by atoms with Crippen molar-refractivity contribution in [3.8, 4) is 0 Å². The first-order valence-corrected chi connectivity index (χ1v) is 10.5. The highest BCUT2D eigenvalue weighted by molar-refractivity contribution is 7.92. The molecule has 2 aromatic rings. The number of hydrogen-bond acceptors (Lipinski definition) is 5. The Labute approximate surface area is 140 Å². The first-order valence-electron chi connectivity index (χ1n) is 6.74. The van der Waals surface area contributed by atoms with Gasteiger partial charge >= 0.3 is 0 Å². The van der Waals surface area contributed by atoms with Gasteiger partial charge in [0, 0.05) is 22.5 Å². The molecule has 0 bridgehead atoms. The zero-order valence-electron chi connectivity index (χ0n) is 13.0. The van der Waals surface area contributed by atoms with E-state index < -0.39 is 20.0 Å². The molecule has 0 fully saturated rings. The van der Waals surface area contributed by atoms with Crippen LogP contribution in [0.15, 0.2) is 48.5 Å². The minimum atomic E-state index is -3.37. The maximum absolute atomic E-state index is 12.4. The minimum absolute atomic E-state index is 0.258. The van der Waals surface area contributed by atoms with E-state index in [1.54, 1.807) is 0 Å². The molecule has 0 aliphatic heterocycles. The van der Waals surface area contributed by atoms with Gasteiger partial charge in [0.25, 0.3) is 0 Å². The van der Waals surface area contributed by atoms with E-state index in [1.165, 1.54) is 48.5 Å². The molecule has 0 aliphatic rings. The molecule has 0 aromatic heterocycles. The standard InChI is InChI=1S/C15H16N2O5S2/c1-23(19,20)16-13-7-3-11(4-8-13)15(18)12-5-9-14(10-6-12)17-24(2,21)22/h3-10,16-17H,1-2H3. The SMILES string of the molecule is CS(=O)(=O)Nc1ccc(C(=O)c2ccc(NS(C)(=O)=O)cc2)cc1. The van der Waals surface area contributed by atoms with E-state index in [0.717, 1.165) is 12.5 Å². The maximum atomic E-state index is 12.4. The summed E-state index contributed by atoms with van der Waals surface area (Å²) in [5, 5.41) is 0. The van der Waals surface area contributed by atoms with Crippen LogP contribution in [0.2, 0.25) is 0 Å². The van der Waals surface area contributed by atoms with Gasteiger partial charge in [-0.15, -0.1) is 0 Å². The molecule has 0 spiro atoms. The molecule has 9 heteroatoms. The Morgan fingerprint density at radius 3 is 1.21 bits per heavy atom. The van der Waals surface area contributed by atoms with Crippen LogP contribution in [-0.2, 0) is 20.0 Å². The molecule has 0 aliphatic carbocycles. The van der Waals surface area contributed by atoms with Crippen LogP contribution >= 0.6 is 0 Å².